The van der Waals surface area contributed by atoms with E-state index in [2.05, 4.69) is 4.98 Å². The van der Waals surface area contributed by atoms with E-state index >= 15 is 0 Å². The van der Waals surface area contributed by atoms with Gasteiger partial charge in [-0.3, -0.25) is 9.78 Å². The number of nitrogens with two attached hydrogens (primary N) is 1. The van der Waals surface area contributed by atoms with Crippen LogP contribution in [0.4, 0.5) is 0 Å². The largest absolute Gasteiger partial charge is 0.381 e. The summed E-state index contributed by atoms with van der Waals surface area (Å²) >= 11 is 0. The molecule has 114 valence electrons. The van der Waals surface area contributed by atoms with Gasteiger partial charge in [0.2, 0.25) is 5.91 Å². The van der Waals surface area contributed by atoms with Crippen LogP contribution in [0.2, 0.25) is 0 Å². The standard InChI is InChI=1S/C16H23N3O2/c17-12-16(5-9-21-10-6-16)15(20)19(14-1-2-14)11-13-3-7-18-8-4-13/h3-4,7-8,14H,1-2,5-6,9-12,17H2. The Balaban J connectivity index is 1.78. The summed E-state index contributed by atoms with van der Waals surface area (Å²) in [6.45, 7) is 2.34. The van der Waals surface area contributed by atoms with Crippen molar-refractivity contribution in [3.8, 4) is 0 Å². The van der Waals surface area contributed by atoms with E-state index in [1.54, 1.807) is 12.4 Å². The minimum atomic E-state index is -0.423. The Morgan fingerprint density at radius 3 is 2.57 bits per heavy atom. The van der Waals surface area contributed by atoms with Crippen LogP contribution in [0.1, 0.15) is 31.2 Å². The highest BCUT2D eigenvalue weighted by Crippen LogP contribution is 2.37. The fourth-order valence-electron chi connectivity index (χ4n) is 3.01. The maximum atomic E-state index is 13.1. The van der Waals surface area contributed by atoms with E-state index in [1.807, 2.05) is 17.0 Å². The van der Waals surface area contributed by atoms with Gasteiger partial charge in [0.05, 0.1) is 5.41 Å². The summed E-state index contributed by atoms with van der Waals surface area (Å²) in [7, 11) is 0. The van der Waals surface area contributed by atoms with Crippen molar-refractivity contribution in [3.63, 3.8) is 0 Å². The smallest absolute Gasteiger partial charge is 0.230 e. The molecule has 1 amide bonds. The Morgan fingerprint density at radius 1 is 1.33 bits per heavy atom. The molecule has 1 aromatic rings. The molecule has 1 saturated carbocycles. The summed E-state index contributed by atoms with van der Waals surface area (Å²) < 4.78 is 5.42. The zero-order valence-electron chi connectivity index (χ0n) is 12.3. The predicted molar refractivity (Wildman–Crippen MR) is 79.3 cm³/mol. The summed E-state index contributed by atoms with van der Waals surface area (Å²) in [4.78, 5) is 19.2. The molecular weight excluding hydrogens is 266 g/mol. The molecule has 0 atom stereocenters. The fourth-order valence-corrected chi connectivity index (χ4v) is 3.01. The molecule has 0 unspecified atom stereocenters. The van der Waals surface area contributed by atoms with Crippen LogP contribution >= 0.6 is 0 Å². The summed E-state index contributed by atoms with van der Waals surface area (Å²) in [5.74, 6) is 0.215. The second kappa shape index (κ2) is 6.12. The molecule has 5 nitrogen and oxygen atoms in total. The second-order valence-electron chi connectivity index (χ2n) is 6.12. The minimum absolute atomic E-state index is 0.215. The van der Waals surface area contributed by atoms with Crippen molar-refractivity contribution < 1.29 is 9.53 Å². The lowest BCUT2D eigenvalue weighted by molar-refractivity contribution is -0.148. The van der Waals surface area contributed by atoms with E-state index in [9.17, 15) is 4.79 Å². The fraction of sp³-hybridized carbons (Fsp3) is 0.625. The van der Waals surface area contributed by atoms with Crippen LogP contribution < -0.4 is 5.73 Å². The Bertz CT molecular complexity index is 482. The number of aromatic nitrogens is 1. The van der Waals surface area contributed by atoms with Crippen molar-refractivity contribution in [3.05, 3.63) is 30.1 Å². The first-order valence-electron chi connectivity index (χ1n) is 7.73. The highest BCUT2D eigenvalue weighted by atomic mass is 16.5. The maximum absolute atomic E-state index is 13.1. The van der Waals surface area contributed by atoms with Crippen molar-refractivity contribution in [2.24, 2.45) is 11.1 Å². The number of ether oxygens (including phenoxy) is 1. The Kier molecular flexibility index (Phi) is 4.22. The molecule has 1 aliphatic heterocycles. The third-order valence-electron chi connectivity index (χ3n) is 4.65. The van der Waals surface area contributed by atoms with Crippen LogP contribution in [0.15, 0.2) is 24.5 Å². The van der Waals surface area contributed by atoms with Crippen LogP contribution in [0.5, 0.6) is 0 Å². The first kappa shape index (κ1) is 14.5. The third kappa shape index (κ3) is 3.09. The van der Waals surface area contributed by atoms with Gasteiger partial charge in [-0.05, 0) is 43.4 Å². The van der Waals surface area contributed by atoms with Crippen LogP contribution in [-0.2, 0) is 16.1 Å². The molecular formula is C16H23N3O2. The molecule has 2 fully saturated rings. The number of nitrogens with zero attached hydrogens (tertiary/aromatic N) is 2. The lowest BCUT2D eigenvalue weighted by Crippen LogP contribution is -2.51. The zero-order valence-corrected chi connectivity index (χ0v) is 12.3. The van der Waals surface area contributed by atoms with Crippen molar-refractivity contribution in [1.29, 1.82) is 0 Å². The molecule has 0 spiro atoms. The lowest BCUT2D eigenvalue weighted by atomic mass is 9.78. The number of rotatable bonds is 5. The van der Waals surface area contributed by atoms with E-state index in [0.717, 1.165) is 31.2 Å². The van der Waals surface area contributed by atoms with Gasteiger partial charge >= 0.3 is 0 Å². The van der Waals surface area contributed by atoms with E-state index in [0.29, 0.717) is 32.3 Å². The topological polar surface area (TPSA) is 68.5 Å². The number of pyridine rings is 1. The minimum Gasteiger partial charge on any atom is -0.381 e. The van der Waals surface area contributed by atoms with Gasteiger partial charge in [0.25, 0.3) is 0 Å². The van der Waals surface area contributed by atoms with Gasteiger partial charge in [0, 0.05) is 44.7 Å². The Morgan fingerprint density at radius 2 is 2.00 bits per heavy atom. The quantitative estimate of drug-likeness (QED) is 0.888. The monoisotopic (exact) mass is 289 g/mol. The van der Waals surface area contributed by atoms with E-state index in [-0.39, 0.29) is 5.91 Å². The normalized spacial score (nSPS) is 21.0. The van der Waals surface area contributed by atoms with Crippen LogP contribution in [0, 0.1) is 5.41 Å². The van der Waals surface area contributed by atoms with Crippen LogP contribution in [0.3, 0.4) is 0 Å². The SMILES string of the molecule is NCC1(C(=O)N(Cc2ccncc2)C2CC2)CCOCC1. The molecule has 5 heteroatoms. The molecule has 0 radical (unpaired) electrons. The molecule has 1 aliphatic carbocycles. The van der Waals surface area contributed by atoms with Crippen LogP contribution in [-0.4, -0.2) is 41.6 Å². The van der Waals surface area contributed by atoms with Gasteiger partial charge in [0.1, 0.15) is 0 Å². The molecule has 1 aromatic heterocycles. The molecule has 21 heavy (non-hydrogen) atoms. The number of carbonyl (C=O) groups is 1. The molecule has 2 aliphatic rings. The van der Waals surface area contributed by atoms with E-state index in [1.165, 1.54) is 0 Å². The Labute approximate surface area is 125 Å². The highest BCUT2D eigenvalue weighted by molar-refractivity contribution is 5.83. The molecule has 0 aromatic carbocycles. The molecule has 2 heterocycles. The second-order valence-corrected chi connectivity index (χ2v) is 6.12. The summed E-state index contributed by atoms with van der Waals surface area (Å²) in [5.41, 5.74) is 6.68. The zero-order chi connectivity index (χ0) is 14.7. The average molecular weight is 289 g/mol. The van der Waals surface area contributed by atoms with Crippen molar-refractivity contribution in [2.75, 3.05) is 19.8 Å². The third-order valence-corrected chi connectivity index (χ3v) is 4.65. The van der Waals surface area contributed by atoms with Crippen molar-refractivity contribution in [2.45, 2.75) is 38.3 Å². The number of hydrogen-bond donors (Lipinski definition) is 1. The van der Waals surface area contributed by atoms with Crippen molar-refractivity contribution >= 4 is 5.91 Å². The van der Waals surface area contributed by atoms with Gasteiger partial charge in [-0.25, -0.2) is 0 Å². The van der Waals surface area contributed by atoms with Gasteiger partial charge in [-0.2, -0.15) is 0 Å². The summed E-state index contributed by atoms with van der Waals surface area (Å²) in [6.07, 6.45) is 7.24. The highest BCUT2D eigenvalue weighted by Gasteiger charge is 2.45. The van der Waals surface area contributed by atoms with Gasteiger partial charge in [-0.15, -0.1) is 0 Å². The summed E-state index contributed by atoms with van der Waals surface area (Å²) in [5, 5.41) is 0. The van der Waals surface area contributed by atoms with Crippen LogP contribution in [0.25, 0.3) is 0 Å². The molecule has 3 rings (SSSR count). The Hall–Kier alpha value is -1.46. The molecule has 1 saturated heterocycles. The number of carbonyl (C=O) groups excluding carboxylic acids is 1. The number of amides is 1. The lowest BCUT2D eigenvalue weighted by Gasteiger charge is -2.39. The number of hydrogen-bond acceptors (Lipinski definition) is 4. The first-order valence-corrected chi connectivity index (χ1v) is 7.73. The van der Waals surface area contributed by atoms with Gasteiger partial charge in [-0.1, -0.05) is 0 Å². The van der Waals surface area contributed by atoms with Crippen molar-refractivity contribution in [1.82, 2.24) is 9.88 Å². The van der Waals surface area contributed by atoms with E-state index < -0.39 is 5.41 Å². The van der Waals surface area contributed by atoms with E-state index in [4.69, 9.17) is 10.5 Å². The molecule has 0 bridgehead atoms. The first-order chi connectivity index (χ1) is 10.2. The molecule has 2 N–H and O–H groups in total. The van der Waals surface area contributed by atoms with Gasteiger partial charge < -0.3 is 15.4 Å². The maximum Gasteiger partial charge on any atom is 0.230 e. The summed E-state index contributed by atoms with van der Waals surface area (Å²) in [6, 6.07) is 4.33. The predicted octanol–water partition coefficient (Wildman–Crippen LogP) is 1.33. The van der Waals surface area contributed by atoms with Gasteiger partial charge in [0.15, 0.2) is 0 Å². The average Bonchev–Trinajstić information content (AvgIpc) is 3.38.